The second-order valence-electron chi connectivity index (χ2n) is 6.73. The summed E-state index contributed by atoms with van der Waals surface area (Å²) in [5.41, 5.74) is 0.0780. The van der Waals surface area contributed by atoms with Crippen molar-refractivity contribution >= 4 is 40.0 Å². The first-order chi connectivity index (χ1) is 15.7. The lowest BCUT2D eigenvalue weighted by Gasteiger charge is -2.14. The van der Waals surface area contributed by atoms with Crippen LogP contribution in [0.3, 0.4) is 0 Å². The number of hydrogen-bond donors (Lipinski definition) is 3. The van der Waals surface area contributed by atoms with E-state index in [0.29, 0.717) is 16.6 Å². The minimum absolute atomic E-state index is 0.0201. The van der Waals surface area contributed by atoms with E-state index in [2.05, 4.69) is 20.6 Å². The molecular formula is C20H15ClF3N5O4. The summed E-state index contributed by atoms with van der Waals surface area (Å²) >= 11 is 6.40. The first-order valence-electron chi connectivity index (χ1n) is 9.26. The Labute approximate surface area is 188 Å². The van der Waals surface area contributed by atoms with Gasteiger partial charge >= 0.3 is 12.1 Å². The van der Waals surface area contributed by atoms with Crippen molar-refractivity contribution in [2.75, 3.05) is 19.0 Å². The Hall–Kier alpha value is -3.93. The highest BCUT2D eigenvalue weighted by atomic mass is 35.5. The third-order valence-electron chi connectivity index (χ3n) is 4.56. The second-order valence-corrected chi connectivity index (χ2v) is 7.10. The topological polar surface area (TPSA) is 114 Å². The first-order valence-corrected chi connectivity index (χ1v) is 9.64. The minimum Gasteiger partial charge on any atom is -0.493 e. The number of carboxylic acids is 1. The lowest BCUT2D eigenvalue weighted by molar-refractivity contribution is -0.141. The molecule has 0 saturated carbocycles. The molecule has 0 aliphatic heterocycles. The van der Waals surface area contributed by atoms with E-state index in [4.69, 9.17) is 26.2 Å². The zero-order valence-corrected chi connectivity index (χ0v) is 17.5. The summed E-state index contributed by atoms with van der Waals surface area (Å²) in [6.07, 6.45) is -3.20. The fraction of sp³-hybridized carbons (Fsp3) is 0.150. The number of nitrogens with one attached hydrogen (secondary N) is 2. The maximum absolute atomic E-state index is 13.4. The van der Waals surface area contributed by atoms with E-state index in [-0.39, 0.29) is 28.0 Å². The van der Waals surface area contributed by atoms with Crippen molar-refractivity contribution in [3.63, 3.8) is 0 Å². The summed E-state index contributed by atoms with van der Waals surface area (Å²) in [4.78, 5) is 10.8. The molecule has 4 rings (SSSR count). The van der Waals surface area contributed by atoms with Gasteiger partial charge in [-0.2, -0.15) is 23.4 Å². The average molecular weight is 482 g/mol. The van der Waals surface area contributed by atoms with Crippen LogP contribution in [0.15, 0.2) is 42.6 Å². The van der Waals surface area contributed by atoms with Crippen LogP contribution in [0, 0.1) is 0 Å². The molecule has 0 aliphatic carbocycles. The average Bonchev–Trinajstić information content (AvgIpc) is 3.41. The van der Waals surface area contributed by atoms with E-state index in [1.54, 1.807) is 12.1 Å². The van der Waals surface area contributed by atoms with E-state index in [0.717, 1.165) is 10.7 Å². The molecule has 0 saturated heterocycles. The number of ether oxygens (including phenoxy) is 2. The highest BCUT2D eigenvalue weighted by Gasteiger charge is 2.35. The molecule has 33 heavy (non-hydrogen) atoms. The van der Waals surface area contributed by atoms with Crippen LogP contribution in [-0.4, -0.2) is 44.8 Å². The molecule has 4 aromatic rings. The zero-order valence-electron chi connectivity index (χ0n) is 16.8. The lowest BCUT2D eigenvalue weighted by Crippen LogP contribution is -2.10. The van der Waals surface area contributed by atoms with Crippen LogP contribution in [0.4, 0.5) is 24.7 Å². The number of halogens is 4. The zero-order chi connectivity index (χ0) is 23.8. The van der Waals surface area contributed by atoms with Gasteiger partial charge in [0, 0.05) is 17.5 Å². The fourth-order valence-electron chi connectivity index (χ4n) is 3.07. The number of H-pyrrole nitrogens is 1. The Morgan fingerprint density at radius 1 is 1.24 bits per heavy atom. The minimum atomic E-state index is -4.70. The smallest absolute Gasteiger partial charge is 0.435 e. The molecule has 0 fully saturated rings. The monoisotopic (exact) mass is 481 g/mol. The maximum atomic E-state index is 13.4. The highest BCUT2D eigenvalue weighted by molar-refractivity contribution is 6.38. The molecule has 0 bridgehead atoms. The Morgan fingerprint density at radius 3 is 2.73 bits per heavy atom. The van der Waals surface area contributed by atoms with Crippen molar-refractivity contribution in [1.82, 2.24) is 20.0 Å². The van der Waals surface area contributed by atoms with Crippen molar-refractivity contribution in [1.29, 1.82) is 0 Å². The van der Waals surface area contributed by atoms with Crippen LogP contribution in [-0.2, 0) is 11.0 Å². The number of benzene rings is 2. The van der Waals surface area contributed by atoms with E-state index in [1.165, 1.54) is 31.5 Å². The van der Waals surface area contributed by atoms with Crippen LogP contribution < -0.4 is 14.8 Å². The maximum Gasteiger partial charge on any atom is 0.435 e. The summed E-state index contributed by atoms with van der Waals surface area (Å²) in [6, 6.07) is 8.28. The normalized spacial score (nSPS) is 11.5. The number of fused-ring (bicyclic) bond motifs is 1. The van der Waals surface area contributed by atoms with Gasteiger partial charge in [-0.05, 0) is 24.3 Å². The number of anilines is 2. The molecule has 2 aromatic carbocycles. The summed E-state index contributed by atoms with van der Waals surface area (Å²) in [5, 5.41) is 22.9. The molecule has 0 unspecified atom stereocenters. The number of rotatable bonds is 7. The summed E-state index contributed by atoms with van der Waals surface area (Å²) in [7, 11) is 1.32. The fourth-order valence-corrected chi connectivity index (χ4v) is 3.33. The number of hydrogen-bond acceptors (Lipinski definition) is 6. The van der Waals surface area contributed by atoms with Crippen molar-refractivity contribution < 1.29 is 32.5 Å². The largest absolute Gasteiger partial charge is 0.493 e. The molecule has 3 N–H and O–H groups in total. The van der Waals surface area contributed by atoms with Crippen LogP contribution in [0.1, 0.15) is 5.69 Å². The van der Waals surface area contributed by atoms with Crippen LogP contribution >= 0.6 is 11.6 Å². The Kier molecular flexibility index (Phi) is 5.77. The number of methoxy groups -OCH3 is 1. The predicted molar refractivity (Wildman–Crippen MR) is 113 cm³/mol. The molecule has 0 atom stereocenters. The van der Waals surface area contributed by atoms with Crippen molar-refractivity contribution in [3.8, 4) is 17.2 Å². The molecule has 2 aromatic heterocycles. The van der Waals surface area contributed by atoms with E-state index >= 15 is 0 Å². The molecule has 172 valence electrons. The van der Waals surface area contributed by atoms with Gasteiger partial charge in [0.25, 0.3) is 0 Å². The Balaban J connectivity index is 1.77. The number of aromatic nitrogens is 4. The number of carboxylic acid groups (broad SMARTS) is 1. The van der Waals surface area contributed by atoms with Crippen LogP contribution in [0.2, 0.25) is 5.02 Å². The molecule has 0 aliphatic rings. The van der Waals surface area contributed by atoms with E-state index < -0.39 is 24.4 Å². The standard InChI is InChI=1S/C20H15ClF3N5O4/c1-32-15-6-10(2-5-14(15)33-9-18(30)31)29-17(7-16(28-29)20(22,23)24)26-13-4-3-12-11(19(13)21)8-25-27-12/h2-8,26H,9H2,1H3,(H,25,27)(H,30,31). The number of alkyl halides is 3. The number of aliphatic carboxylic acids is 1. The van der Waals surface area contributed by atoms with Crippen LogP contribution in [0.25, 0.3) is 16.6 Å². The summed E-state index contributed by atoms with van der Waals surface area (Å²) in [6.45, 7) is -0.614. The van der Waals surface area contributed by atoms with Gasteiger partial charge in [-0.3, -0.25) is 5.10 Å². The molecule has 0 amide bonds. The third kappa shape index (κ3) is 4.51. The van der Waals surface area contributed by atoms with Gasteiger partial charge in [0.05, 0.1) is 35.2 Å². The molecule has 2 heterocycles. The number of carbonyl (C=O) groups is 1. The molecule has 0 spiro atoms. The van der Waals surface area contributed by atoms with Gasteiger partial charge in [-0.15, -0.1) is 0 Å². The summed E-state index contributed by atoms with van der Waals surface area (Å²) < 4.78 is 51.6. The lowest BCUT2D eigenvalue weighted by atomic mass is 10.2. The highest BCUT2D eigenvalue weighted by Crippen LogP contribution is 2.37. The van der Waals surface area contributed by atoms with Gasteiger partial charge in [0.1, 0.15) is 5.82 Å². The first kappa shape index (κ1) is 22.3. The molecular weight excluding hydrogens is 467 g/mol. The van der Waals surface area contributed by atoms with Crippen molar-refractivity contribution in [2.45, 2.75) is 6.18 Å². The quantitative estimate of drug-likeness (QED) is 0.352. The number of nitrogens with zero attached hydrogens (tertiary/aromatic N) is 3. The molecule has 13 heteroatoms. The molecule has 0 radical (unpaired) electrons. The van der Waals surface area contributed by atoms with Gasteiger partial charge in [-0.25, -0.2) is 9.48 Å². The second kappa shape index (κ2) is 8.54. The van der Waals surface area contributed by atoms with E-state index in [9.17, 15) is 18.0 Å². The molecule has 9 nitrogen and oxygen atoms in total. The predicted octanol–water partition coefficient (Wildman–Crippen LogP) is 4.64. The number of aromatic amines is 1. The Bertz CT molecular complexity index is 1340. The summed E-state index contributed by atoms with van der Waals surface area (Å²) in [5.74, 6) is -0.995. The SMILES string of the molecule is COc1cc(-n2nc(C(F)(F)F)cc2Nc2ccc3[nH]ncc3c2Cl)ccc1OCC(=O)O. The van der Waals surface area contributed by atoms with Gasteiger partial charge in [0.2, 0.25) is 0 Å². The Morgan fingerprint density at radius 2 is 2.03 bits per heavy atom. The van der Waals surface area contributed by atoms with Gasteiger partial charge in [0.15, 0.2) is 23.8 Å². The van der Waals surface area contributed by atoms with E-state index in [1.807, 2.05) is 0 Å². The van der Waals surface area contributed by atoms with Gasteiger partial charge < -0.3 is 19.9 Å². The van der Waals surface area contributed by atoms with Gasteiger partial charge in [-0.1, -0.05) is 11.6 Å². The van der Waals surface area contributed by atoms with Crippen molar-refractivity contribution in [3.05, 3.63) is 53.3 Å². The van der Waals surface area contributed by atoms with Crippen LogP contribution in [0.5, 0.6) is 11.5 Å². The van der Waals surface area contributed by atoms with Crippen molar-refractivity contribution in [2.24, 2.45) is 0 Å². The third-order valence-corrected chi connectivity index (χ3v) is 4.97.